The lowest BCUT2D eigenvalue weighted by molar-refractivity contribution is -0.147. The van der Waals surface area contributed by atoms with E-state index in [1.165, 1.54) is 0 Å². The van der Waals surface area contributed by atoms with Crippen LogP contribution in [0.15, 0.2) is 30.3 Å². The molecule has 2 heterocycles. The van der Waals surface area contributed by atoms with Crippen molar-refractivity contribution in [1.82, 2.24) is 9.80 Å². The summed E-state index contributed by atoms with van der Waals surface area (Å²) in [5.74, 6) is -1.03. The van der Waals surface area contributed by atoms with Crippen molar-refractivity contribution in [3.05, 3.63) is 35.9 Å². The molecule has 6 nitrogen and oxygen atoms in total. The molecule has 2 aliphatic rings. The highest BCUT2D eigenvalue weighted by atomic mass is 16.5. The predicted molar refractivity (Wildman–Crippen MR) is 84.0 cm³/mol. The molecule has 23 heavy (non-hydrogen) atoms. The van der Waals surface area contributed by atoms with Gasteiger partial charge in [0.05, 0.1) is 26.4 Å². The SMILES string of the molecule is O=C(C(C(=O)N1CCOCC1)c1ccccc1)N1CCOCC1. The van der Waals surface area contributed by atoms with Gasteiger partial charge in [0.2, 0.25) is 11.8 Å². The molecule has 1 aromatic carbocycles. The van der Waals surface area contributed by atoms with Gasteiger partial charge in [0.15, 0.2) is 0 Å². The van der Waals surface area contributed by atoms with Crippen LogP contribution in [0.4, 0.5) is 0 Å². The molecular formula is C17H22N2O4. The maximum atomic E-state index is 13.0. The molecule has 3 rings (SSSR count). The van der Waals surface area contributed by atoms with E-state index in [-0.39, 0.29) is 11.8 Å². The molecule has 0 saturated carbocycles. The van der Waals surface area contributed by atoms with Gasteiger partial charge in [-0.3, -0.25) is 9.59 Å². The topological polar surface area (TPSA) is 59.1 Å². The Morgan fingerprint density at radius 2 is 1.22 bits per heavy atom. The third kappa shape index (κ3) is 3.71. The summed E-state index contributed by atoms with van der Waals surface area (Å²) < 4.78 is 10.6. The second-order valence-electron chi connectivity index (χ2n) is 5.72. The molecule has 0 N–H and O–H groups in total. The van der Waals surface area contributed by atoms with Gasteiger partial charge < -0.3 is 19.3 Å². The lowest BCUT2D eigenvalue weighted by Crippen LogP contribution is -2.50. The number of hydrogen-bond acceptors (Lipinski definition) is 4. The molecule has 0 aliphatic carbocycles. The Morgan fingerprint density at radius 3 is 1.65 bits per heavy atom. The average Bonchev–Trinajstić information content (AvgIpc) is 2.64. The van der Waals surface area contributed by atoms with Crippen LogP contribution in [0.3, 0.4) is 0 Å². The highest BCUT2D eigenvalue weighted by molar-refractivity contribution is 6.05. The molecule has 124 valence electrons. The third-order valence-corrected chi connectivity index (χ3v) is 4.27. The standard InChI is InChI=1S/C17H22N2O4/c20-16(18-6-10-22-11-7-18)15(14-4-2-1-3-5-14)17(21)19-8-12-23-13-9-19/h1-5,15H,6-13H2. The normalized spacial score (nSPS) is 19.0. The van der Waals surface area contributed by atoms with Crippen LogP contribution in [0.25, 0.3) is 0 Å². The first-order valence-corrected chi connectivity index (χ1v) is 8.05. The van der Waals surface area contributed by atoms with Crippen LogP contribution in [0.2, 0.25) is 0 Å². The van der Waals surface area contributed by atoms with Gasteiger partial charge in [-0.2, -0.15) is 0 Å². The number of morpholine rings is 2. The summed E-state index contributed by atoms with van der Waals surface area (Å²) in [4.78, 5) is 29.4. The zero-order valence-electron chi connectivity index (χ0n) is 13.1. The fourth-order valence-electron chi connectivity index (χ4n) is 2.97. The Morgan fingerprint density at radius 1 is 0.783 bits per heavy atom. The summed E-state index contributed by atoms with van der Waals surface area (Å²) in [5.41, 5.74) is 0.750. The van der Waals surface area contributed by atoms with E-state index in [0.717, 1.165) is 5.56 Å². The quantitative estimate of drug-likeness (QED) is 0.761. The number of nitrogens with zero attached hydrogens (tertiary/aromatic N) is 2. The van der Waals surface area contributed by atoms with Gasteiger partial charge in [0.25, 0.3) is 0 Å². The number of benzene rings is 1. The molecule has 1 aromatic rings. The number of rotatable bonds is 3. The highest BCUT2D eigenvalue weighted by Crippen LogP contribution is 2.22. The van der Waals surface area contributed by atoms with Crippen molar-refractivity contribution in [3.8, 4) is 0 Å². The Bertz CT molecular complexity index is 507. The second-order valence-corrected chi connectivity index (χ2v) is 5.72. The molecule has 0 atom stereocenters. The zero-order chi connectivity index (χ0) is 16.1. The van der Waals surface area contributed by atoms with Crippen molar-refractivity contribution >= 4 is 11.8 Å². The predicted octanol–water partition coefficient (Wildman–Crippen LogP) is 0.488. The van der Waals surface area contributed by atoms with Gasteiger partial charge in [-0.15, -0.1) is 0 Å². The lowest BCUT2D eigenvalue weighted by Gasteiger charge is -2.34. The first kappa shape index (κ1) is 16.0. The van der Waals surface area contributed by atoms with Crippen molar-refractivity contribution < 1.29 is 19.1 Å². The molecule has 0 radical (unpaired) electrons. The van der Waals surface area contributed by atoms with Crippen LogP contribution in [0.1, 0.15) is 11.5 Å². The molecule has 2 fully saturated rings. The third-order valence-electron chi connectivity index (χ3n) is 4.27. The first-order chi connectivity index (χ1) is 11.3. The van der Waals surface area contributed by atoms with E-state index in [1.807, 2.05) is 30.3 Å². The van der Waals surface area contributed by atoms with Crippen LogP contribution in [-0.4, -0.2) is 74.2 Å². The van der Waals surface area contributed by atoms with E-state index in [4.69, 9.17) is 9.47 Å². The minimum atomic E-state index is -0.771. The Hall–Kier alpha value is -1.92. The number of hydrogen-bond donors (Lipinski definition) is 0. The summed E-state index contributed by atoms with van der Waals surface area (Å²) in [7, 11) is 0. The summed E-state index contributed by atoms with van der Waals surface area (Å²) >= 11 is 0. The van der Waals surface area contributed by atoms with Crippen LogP contribution in [0, 0.1) is 0 Å². The number of amides is 2. The fraction of sp³-hybridized carbons (Fsp3) is 0.529. The monoisotopic (exact) mass is 318 g/mol. The molecule has 0 spiro atoms. The van der Waals surface area contributed by atoms with E-state index in [0.29, 0.717) is 52.6 Å². The Balaban J connectivity index is 1.83. The van der Waals surface area contributed by atoms with Gasteiger partial charge in [-0.25, -0.2) is 0 Å². The highest BCUT2D eigenvalue weighted by Gasteiger charge is 2.36. The minimum Gasteiger partial charge on any atom is -0.378 e. The number of ether oxygens (including phenoxy) is 2. The summed E-state index contributed by atoms with van der Waals surface area (Å²) in [6.07, 6.45) is 0. The Kier molecular flexibility index (Phi) is 5.25. The van der Waals surface area contributed by atoms with Gasteiger partial charge in [-0.05, 0) is 5.56 Å². The van der Waals surface area contributed by atoms with Crippen LogP contribution >= 0.6 is 0 Å². The van der Waals surface area contributed by atoms with Crippen molar-refractivity contribution in [2.45, 2.75) is 5.92 Å². The number of carbonyl (C=O) groups excluding carboxylic acids is 2. The summed E-state index contributed by atoms with van der Waals surface area (Å²) in [6.45, 7) is 4.27. The summed E-state index contributed by atoms with van der Waals surface area (Å²) in [6, 6.07) is 9.31. The molecule has 0 bridgehead atoms. The van der Waals surface area contributed by atoms with Crippen LogP contribution in [-0.2, 0) is 19.1 Å². The molecule has 0 unspecified atom stereocenters. The van der Waals surface area contributed by atoms with E-state index in [1.54, 1.807) is 9.80 Å². The largest absolute Gasteiger partial charge is 0.378 e. The van der Waals surface area contributed by atoms with Crippen molar-refractivity contribution in [3.63, 3.8) is 0 Å². The maximum absolute atomic E-state index is 13.0. The van der Waals surface area contributed by atoms with Gasteiger partial charge in [-0.1, -0.05) is 30.3 Å². The van der Waals surface area contributed by atoms with E-state index in [2.05, 4.69) is 0 Å². The number of carbonyl (C=O) groups is 2. The molecule has 6 heteroatoms. The molecule has 2 amide bonds. The molecule has 2 saturated heterocycles. The van der Waals surface area contributed by atoms with E-state index < -0.39 is 5.92 Å². The van der Waals surface area contributed by atoms with Crippen molar-refractivity contribution in [1.29, 1.82) is 0 Å². The van der Waals surface area contributed by atoms with Gasteiger partial charge in [0.1, 0.15) is 5.92 Å². The lowest BCUT2D eigenvalue weighted by atomic mass is 9.95. The van der Waals surface area contributed by atoms with Gasteiger partial charge in [0, 0.05) is 26.2 Å². The molecular weight excluding hydrogens is 296 g/mol. The first-order valence-electron chi connectivity index (χ1n) is 8.05. The molecule has 0 aromatic heterocycles. The zero-order valence-corrected chi connectivity index (χ0v) is 13.1. The van der Waals surface area contributed by atoms with E-state index in [9.17, 15) is 9.59 Å². The van der Waals surface area contributed by atoms with Crippen molar-refractivity contribution in [2.24, 2.45) is 0 Å². The van der Waals surface area contributed by atoms with Crippen LogP contribution in [0.5, 0.6) is 0 Å². The fourth-order valence-corrected chi connectivity index (χ4v) is 2.97. The average molecular weight is 318 g/mol. The van der Waals surface area contributed by atoms with Gasteiger partial charge >= 0.3 is 0 Å². The van der Waals surface area contributed by atoms with Crippen LogP contribution < -0.4 is 0 Å². The van der Waals surface area contributed by atoms with E-state index >= 15 is 0 Å². The maximum Gasteiger partial charge on any atom is 0.239 e. The minimum absolute atomic E-state index is 0.129. The second kappa shape index (κ2) is 7.57. The smallest absolute Gasteiger partial charge is 0.239 e. The Labute approximate surface area is 136 Å². The van der Waals surface area contributed by atoms with Crippen molar-refractivity contribution in [2.75, 3.05) is 52.6 Å². The molecule has 2 aliphatic heterocycles. The summed E-state index contributed by atoms with van der Waals surface area (Å²) in [5, 5.41) is 0.